The minimum atomic E-state index is -0.769. The Balaban J connectivity index is 2.23. The number of aryl methyl sites for hydroxylation is 1. The van der Waals surface area contributed by atoms with E-state index in [4.69, 9.17) is 15.2 Å². The molecule has 1 aliphatic rings. The summed E-state index contributed by atoms with van der Waals surface area (Å²) in [5, 5.41) is 0. The number of nitrogens with two attached hydrogens (primary N) is 1. The molecular formula is C17H25NO3. The molecule has 1 aromatic carbocycles. The summed E-state index contributed by atoms with van der Waals surface area (Å²) >= 11 is 0. The van der Waals surface area contributed by atoms with Crippen molar-refractivity contribution >= 4 is 5.97 Å². The Labute approximate surface area is 126 Å². The van der Waals surface area contributed by atoms with Gasteiger partial charge in [-0.3, -0.25) is 4.79 Å². The van der Waals surface area contributed by atoms with Crippen LogP contribution in [-0.4, -0.2) is 32.3 Å². The summed E-state index contributed by atoms with van der Waals surface area (Å²) in [6.07, 6.45) is 3.90. The maximum atomic E-state index is 12.4. The van der Waals surface area contributed by atoms with E-state index in [1.165, 1.54) is 7.11 Å². The number of ether oxygens (including phenoxy) is 2. The second-order valence-corrected chi connectivity index (χ2v) is 5.82. The predicted octanol–water partition coefficient (Wildman–Crippen LogP) is 2.32. The van der Waals surface area contributed by atoms with Crippen LogP contribution in [0.4, 0.5) is 0 Å². The Morgan fingerprint density at radius 1 is 1.43 bits per heavy atom. The quantitative estimate of drug-likeness (QED) is 0.817. The Hall–Kier alpha value is -1.39. The molecule has 0 saturated carbocycles. The van der Waals surface area contributed by atoms with Crippen molar-refractivity contribution in [2.75, 3.05) is 20.3 Å². The highest BCUT2D eigenvalue weighted by Crippen LogP contribution is 2.32. The molecular weight excluding hydrogens is 266 g/mol. The van der Waals surface area contributed by atoms with Crippen molar-refractivity contribution in [1.29, 1.82) is 0 Å². The molecule has 0 radical (unpaired) electrons. The van der Waals surface area contributed by atoms with Gasteiger partial charge in [-0.1, -0.05) is 29.8 Å². The molecule has 2 atom stereocenters. The zero-order valence-corrected chi connectivity index (χ0v) is 12.9. The van der Waals surface area contributed by atoms with Crippen molar-refractivity contribution in [3.63, 3.8) is 0 Å². The molecule has 116 valence electrons. The molecule has 1 heterocycles. The highest BCUT2D eigenvalue weighted by molar-refractivity contribution is 5.83. The molecule has 1 aromatic rings. The maximum Gasteiger partial charge on any atom is 0.317 e. The van der Waals surface area contributed by atoms with Crippen LogP contribution < -0.4 is 5.73 Å². The van der Waals surface area contributed by atoms with Crippen LogP contribution in [0.2, 0.25) is 0 Å². The highest BCUT2D eigenvalue weighted by atomic mass is 16.5. The van der Waals surface area contributed by atoms with Crippen LogP contribution in [0.25, 0.3) is 0 Å². The molecule has 0 aliphatic carbocycles. The lowest BCUT2D eigenvalue weighted by atomic mass is 9.75. The van der Waals surface area contributed by atoms with Crippen molar-refractivity contribution in [3.8, 4) is 0 Å². The van der Waals surface area contributed by atoms with Gasteiger partial charge in [0.1, 0.15) is 5.41 Å². The van der Waals surface area contributed by atoms with Crippen LogP contribution >= 0.6 is 0 Å². The first-order chi connectivity index (χ1) is 10.1. The van der Waals surface area contributed by atoms with Gasteiger partial charge in [0.25, 0.3) is 0 Å². The second-order valence-electron chi connectivity index (χ2n) is 5.82. The molecule has 2 N–H and O–H groups in total. The summed E-state index contributed by atoms with van der Waals surface area (Å²) in [6.45, 7) is 3.09. The van der Waals surface area contributed by atoms with E-state index in [1.54, 1.807) is 0 Å². The predicted molar refractivity (Wildman–Crippen MR) is 82.1 cm³/mol. The topological polar surface area (TPSA) is 61.5 Å². The number of esters is 1. The van der Waals surface area contributed by atoms with Gasteiger partial charge >= 0.3 is 5.97 Å². The summed E-state index contributed by atoms with van der Waals surface area (Å²) < 4.78 is 10.7. The lowest BCUT2D eigenvalue weighted by molar-refractivity contribution is -0.147. The van der Waals surface area contributed by atoms with Crippen molar-refractivity contribution < 1.29 is 14.3 Å². The molecule has 1 aliphatic heterocycles. The summed E-state index contributed by atoms with van der Waals surface area (Å²) in [4.78, 5) is 12.4. The van der Waals surface area contributed by atoms with Crippen LogP contribution in [0.5, 0.6) is 0 Å². The standard InChI is InChI=1S/C17H25NO3/c1-13-5-7-14(8-6-13)17(12-18,16(19)20-2)10-9-15-4-3-11-21-15/h5-8,15H,3-4,9-12,18H2,1-2H3. The Bertz CT molecular complexity index is 465. The van der Waals surface area contributed by atoms with Gasteiger partial charge in [-0.05, 0) is 38.2 Å². The number of methoxy groups -OCH3 is 1. The Kier molecular flexibility index (Phi) is 5.37. The largest absolute Gasteiger partial charge is 0.468 e. The van der Waals surface area contributed by atoms with Crippen molar-refractivity contribution in [1.82, 2.24) is 0 Å². The van der Waals surface area contributed by atoms with E-state index in [9.17, 15) is 4.79 Å². The first-order valence-corrected chi connectivity index (χ1v) is 7.59. The molecule has 1 fully saturated rings. The van der Waals surface area contributed by atoms with Gasteiger partial charge in [0.05, 0.1) is 13.2 Å². The van der Waals surface area contributed by atoms with E-state index in [1.807, 2.05) is 31.2 Å². The molecule has 21 heavy (non-hydrogen) atoms. The molecule has 0 aromatic heterocycles. The van der Waals surface area contributed by atoms with Gasteiger partial charge in [-0.2, -0.15) is 0 Å². The van der Waals surface area contributed by atoms with Gasteiger partial charge in [0.2, 0.25) is 0 Å². The van der Waals surface area contributed by atoms with E-state index in [2.05, 4.69) is 0 Å². The van der Waals surface area contributed by atoms with Crippen molar-refractivity contribution in [2.45, 2.75) is 44.1 Å². The average molecular weight is 291 g/mol. The monoisotopic (exact) mass is 291 g/mol. The van der Waals surface area contributed by atoms with Crippen molar-refractivity contribution in [2.24, 2.45) is 5.73 Å². The summed E-state index contributed by atoms with van der Waals surface area (Å²) in [5.41, 5.74) is 7.32. The number of hydrogen-bond donors (Lipinski definition) is 1. The minimum Gasteiger partial charge on any atom is -0.468 e. The van der Waals surface area contributed by atoms with E-state index >= 15 is 0 Å². The summed E-state index contributed by atoms with van der Waals surface area (Å²) in [7, 11) is 1.42. The highest BCUT2D eigenvalue weighted by Gasteiger charge is 2.40. The lowest BCUT2D eigenvalue weighted by Gasteiger charge is -2.31. The lowest BCUT2D eigenvalue weighted by Crippen LogP contribution is -2.44. The first kappa shape index (κ1) is 16.0. The molecule has 2 rings (SSSR count). The zero-order valence-electron chi connectivity index (χ0n) is 12.9. The Morgan fingerprint density at radius 2 is 2.14 bits per heavy atom. The Morgan fingerprint density at radius 3 is 2.67 bits per heavy atom. The zero-order chi connectivity index (χ0) is 15.3. The molecule has 0 amide bonds. The molecule has 4 nitrogen and oxygen atoms in total. The smallest absolute Gasteiger partial charge is 0.317 e. The number of benzene rings is 1. The number of rotatable bonds is 6. The normalized spacial score (nSPS) is 21.0. The van der Waals surface area contributed by atoms with Crippen LogP contribution in [0.1, 0.15) is 36.8 Å². The maximum absolute atomic E-state index is 12.4. The van der Waals surface area contributed by atoms with E-state index in [0.717, 1.165) is 37.0 Å². The van der Waals surface area contributed by atoms with Crippen LogP contribution in [0.3, 0.4) is 0 Å². The fourth-order valence-electron chi connectivity index (χ4n) is 3.01. The average Bonchev–Trinajstić information content (AvgIpc) is 3.02. The third-order valence-electron chi connectivity index (χ3n) is 4.45. The fourth-order valence-corrected chi connectivity index (χ4v) is 3.01. The van der Waals surface area contributed by atoms with Gasteiger partial charge in [-0.25, -0.2) is 0 Å². The van der Waals surface area contributed by atoms with Gasteiger partial charge in [0, 0.05) is 13.2 Å². The number of carbonyl (C=O) groups is 1. The third kappa shape index (κ3) is 3.44. The van der Waals surface area contributed by atoms with Crippen LogP contribution in [0.15, 0.2) is 24.3 Å². The molecule has 4 heteroatoms. The molecule has 0 bridgehead atoms. The molecule has 1 saturated heterocycles. The van der Waals surface area contributed by atoms with Crippen LogP contribution in [0, 0.1) is 6.92 Å². The van der Waals surface area contributed by atoms with E-state index in [0.29, 0.717) is 6.42 Å². The first-order valence-electron chi connectivity index (χ1n) is 7.59. The van der Waals surface area contributed by atoms with Crippen molar-refractivity contribution in [3.05, 3.63) is 35.4 Å². The SMILES string of the molecule is COC(=O)C(CN)(CCC1CCCO1)c1ccc(C)cc1. The number of hydrogen-bond acceptors (Lipinski definition) is 4. The van der Waals surface area contributed by atoms with Gasteiger partial charge in [-0.15, -0.1) is 0 Å². The van der Waals surface area contributed by atoms with Crippen LogP contribution in [-0.2, 0) is 19.7 Å². The summed E-state index contributed by atoms with van der Waals surface area (Å²) in [6, 6.07) is 7.98. The second kappa shape index (κ2) is 7.05. The van der Waals surface area contributed by atoms with E-state index in [-0.39, 0.29) is 18.6 Å². The van der Waals surface area contributed by atoms with E-state index < -0.39 is 5.41 Å². The minimum absolute atomic E-state index is 0.242. The third-order valence-corrected chi connectivity index (χ3v) is 4.45. The number of carbonyl (C=O) groups excluding carboxylic acids is 1. The van der Waals surface area contributed by atoms with Gasteiger partial charge < -0.3 is 15.2 Å². The fraction of sp³-hybridized carbons (Fsp3) is 0.588. The summed E-state index contributed by atoms with van der Waals surface area (Å²) in [5.74, 6) is -0.258. The molecule has 2 unspecified atom stereocenters. The van der Waals surface area contributed by atoms with Gasteiger partial charge in [0.15, 0.2) is 0 Å². The molecule has 0 spiro atoms.